The van der Waals surface area contributed by atoms with Gasteiger partial charge in [-0.1, -0.05) is 42.8 Å². The maximum Gasteiger partial charge on any atom is 0.0605 e. The highest BCUT2D eigenvalue weighted by molar-refractivity contribution is 8.93. The molecule has 4 rings (SSSR count). The highest BCUT2D eigenvalue weighted by Gasteiger charge is 2.19. The number of pyridine rings is 2. The fourth-order valence-electron chi connectivity index (χ4n) is 3.83. The first-order chi connectivity index (χ1) is 13.9. The Kier molecular flexibility index (Phi) is 8.35. The molecule has 5 heteroatoms. The molecule has 2 aromatic heterocycles. The van der Waals surface area contributed by atoms with E-state index < -0.39 is 0 Å². The van der Waals surface area contributed by atoms with Crippen LogP contribution in [0.1, 0.15) is 53.4 Å². The third-order valence-electron chi connectivity index (χ3n) is 5.38. The van der Waals surface area contributed by atoms with Gasteiger partial charge in [-0.25, -0.2) is 0 Å². The molecule has 1 unspecified atom stereocenters. The Morgan fingerprint density at radius 3 is 2.38 bits per heavy atom. The number of halogens is 1. The number of fused-ring (bicyclic) bond motifs is 1. The number of aryl methyl sites for hydroxylation is 1. The number of aromatic nitrogens is 2. The summed E-state index contributed by atoms with van der Waals surface area (Å²) in [5.41, 5.74) is 6.33. The third kappa shape index (κ3) is 6.20. The van der Waals surface area contributed by atoms with Gasteiger partial charge in [0, 0.05) is 32.0 Å². The van der Waals surface area contributed by atoms with Gasteiger partial charge in [-0.05, 0) is 54.2 Å². The fourth-order valence-corrected chi connectivity index (χ4v) is 3.83. The van der Waals surface area contributed by atoms with Gasteiger partial charge in [0.15, 0.2) is 0 Å². The van der Waals surface area contributed by atoms with Crippen LogP contribution in [0.5, 0.6) is 0 Å². The second-order valence-electron chi connectivity index (χ2n) is 7.47. The van der Waals surface area contributed by atoms with E-state index in [0.717, 1.165) is 31.7 Å². The molecule has 1 atom stereocenters. The van der Waals surface area contributed by atoms with Crippen molar-refractivity contribution < 1.29 is 0 Å². The van der Waals surface area contributed by atoms with Crippen LogP contribution in [0.4, 0.5) is 0 Å². The van der Waals surface area contributed by atoms with Crippen molar-refractivity contribution in [3.63, 3.8) is 0 Å². The number of hydrogen-bond donors (Lipinski definition) is 2. The lowest BCUT2D eigenvalue weighted by atomic mass is 10.0. The van der Waals surface area contributed by atoms with E-state index in [4.69, 9.17) is 0 Å². The molecule has 0 aliphatic heterocycles. The first-order valence-corrected chi connectivity index (χ1v) is 10.2. The summed E-state index contributed by atoms with van der Waals surface area (Å²) in [5.74, 6) is 0. The summed E-state index contributed by atoms with van der Waals surface area (Å²) in [6, 6.07) is 19.5. The van der Waals surface area contributed by atoms with Crippen LogP contribution >= 0.6 is 17.0 Å². The quantitative estimate of drug-likeness (QED) is 0.500. The first kappa shape index (κ1) is 21.6. The van der Waals surface area contributed by atoms with Gasteiger partial charge in [-0.15, -0.1) is 17.0 Å². The molecule has 2 N–H and O–H groups in total. The number of nitrogens with one attached hydrogen (secondary N) is 2. The van der Waals surface area contributed by atoms with Crippen LogP contribution < -0.4 is 10.6 Å². The van der Waals surface area contributed by atoms with Gasteiger partial charge in [0.25, 0.3) is 0 Å². The lowest BCUT2D eigenvalue weighted by Crippen LogP contribution is -2.22. The van der Waals surface area contributed by atoms with Crippen molar-refractivity contribution in [2.45, 2.75) is 51.4 Å². The summed E-state index contributed by atoms with van der Waals surface area (Å²) in [6.07, 6.45) is 8.60. The summed E-state index contributed by atoms with van der Waals surface area (Å²) < 4.78 is 0. The monoisotopic (exact) mass is 452 g/mol. The van der Waals surface area contributed by atoms with Crippen LogP contribution in [0, 0.1) is 0 Å². The zero-order valence-corrected chi connectivity index (χ0v) is 18.4. The average Bonchev–Trinajstić information content (AvgIpc) is 2.96. The van der Waals surface area contributed by atoms with Gasteiger partial charge in [0.1, 0.15) is 0 Å². The Bertz CT molecular complexity index is 868. The zero-order chi connectivity index (χ0) is 19.0. The molecule has 29 heavy (non-hydrogen) atoms. The first-order valence-electron chi connectivity index (χ1n) is 10.2. The third-order valence-corrected chi connectivity index (χ3v) is 5.38. The highest BCUT2D eigenvalue weighted by Crippen LogP contribution is 2.27. The molecular weight excluding hydrogens is 424 g/mol. The van der Waals surface area contributed by atoms with Crippen molar-refractivity contribution in [2.75, 3.05) is 0 Å². The van der Waals surface area contributed by atoms with E-state index in [0.29, 0.717) is 6.04 Å². The van der Waals surface area contributed by atoms with Gasteiger partial charge in [0.2, 0.25) is 0 Å². The van der Waals surface area contributed by atoms with Gasteiger partial charge in [0.05, 0.1) is 17.4 Å². The van der Waals surface area contributed by atoms with E-state index in [2.05, 4.69) is 57.0 Å². The molecule has 4 nitrogen and oxygen atoms in total. The molecular formula is C24H29BrN4. The fraction of sp³-hybridized carbons (Fsp3) is 0.333. The molecule has 3 aromatic rings. The van der Waals surface area contributed by atoms with Gasteiger partial charge in [-0.3, -0.25) is 9.97 Å². The van der Waals surface area contributed by atoms with E-state index in [9.17, 15) is 0 Å². The molecule has 0 radical (unpaired) electrons. The molecule has 1 aliphatic carbocycles. The highest BCUT2D eigenvalue weighted by atomic mass is 79.9. The maximum absolute atomic E-state index is 4.67. The van der Waals surface area contributed by atoms with Crippen LogP contribution in [0.3, 0.4) is 0 Å². The van der Waals surface area contributed by atoms with Crippen LogP contribution in [-0.4, -0.2) is 9.97 Å². The lowest BCUT2D eigenvalue weighted by Gasteiger charge is -2.18. The van der Waals surface area contributed by atoms with Crippen LogP contribution in [0.25, 0.3) is 0 Å². The summed E-state index contributed by atoms with van der Waals surface area (Å²) in [4.78, 5) is 9.01. The molecule has 0 bridgehead atoms. The summed E-state index contributed by atoms with van der Waals surface area (Å²) in [7, 11) is 0. The predicted molar refractivity (Wildman–Crippen MR) is 123 cm³/mol. The lowest BCUT2D eigenvalue weighted by molar-refractivity contribution is 0.480. The smallest absolute Gasteiger partial charge is 0.0605 e. The maximum atomic E-state index is 4.67. The number of nitrogens with zero attached hydrogens (tertiary/aromatic N) is 2. The summed E-state index contributed by atoms with van der Waals surface area (Å²) in [6.45, 7) is 2.52. The molecule has 0 saturated carbocycles. The zero-order valence-electron chi connectivity index (χ0n) is 16.7. The molecule has 1 aromatic carbocycles. The Morgan fingerprint density at radius 2 is 1.59 bits per heavy atom. The normalized spacial score (nSPS) is 15.8. The minimum absolute atomic E-state index is 0. The van der Waals surface area contributed by atoms with E-state index in [-0.39, 0.29) is 17.0 Å². The van der Waals surface area contributed by atoms with E-state index in [1.807, 2.05) is 30.6 Å². The van der Waals surface area contributed by atoms with Crippen molar-refractivity contribution >= 4 is 17.0 Å². The number of benzene rings is 1. The molecule has 152 valence electrons. The number of hydrogen-bond acceptors (Lipinski definition) is 4. The number of rotatable bonds is 7. The van der Waals surface area contributed by atoms with Crippen molar-refractivity contribution in [1.29, 1.82) is 0 Å². The van der Waals surface area contributed by atoms with Crippen molar-refractivity contribution in [3.05, 3.63) is 95.1 Å². The summed E-state index contributed by atoms with van der Waals surface area (Å²) in [5, 5.41) is 7.18. The standard InChI is InChI=1S/C24H28N4.BrH/c1-2-9-23(24-21(6-1)7-5-15-27-24)28-17-20-12-10-19(11-13-20)16-25-18-22-8-3-4-14-26-22;/h3-5,7-8,10-15,23,25,28H,1-2,6,9,16-18H2;1H. The van der Waals surface area contributed by atoms with E-state index in [1.54, 1.807) is 0 Å². The van der Waals surface area contributed by atoms with Crippen LogP contribution in [0.15, 0.2) is 67.0 Å². The molecule has 0 saturated heterocycles. The van der Waals surface area contributed by atoms with E-state index in [1.165, 1.54) is 41.6 Å². The Morgan fingerprint density at radius 1 is 0.793 bits per heavy atom. The second-order valence-corrected chi connectivity index (χ2v) is 7.47. The minimum Gasteiger partial charge on any atom is -0.307 e. The Hall–Kier alpha value is -2.08. The SMILES string of the molecule is Br.c1ccc(CNCc2ccc(CNC3CCCCc4cccnc43)cc2)nc1. The predicted octanol–water partition coefficient (Wildman–Crippen LogP) is 4.90. The van der Waals surface area contributed by atoms with E-state index >= 15 is 0 Å². The topological polar surface area (TPSA) is 49.8 Å². The second kappa shape index (κ2) is 11.2. The van der Waals surface area contributed by atoms with Gasteiger partial charge < -0.3 is 10.6 Å². The molecule has 0 fully saturated rings. The van der Waals surface area contributed by atoms with Crippen LogP contribution in [-0.2, 0) is 26.1 Å². The Labute approximate surface area is 184 Å². The van der Waals surface area contributed by atoms with Crippen LogP contribution in [0.2, 0.25) is 0 Å². The molecule has 2 heterocycles. The van der Waals surface area contributed by atoms with Gasteiger partial charge in [-0.2, -0.15) is 0 Å². The minimum atomic E-state index is 0. The summed E-state index contributed by atoms with van der Waals surface area (Å²) >= 11 is 0. The van der Waals surface area contributed by atoms with Crippen molar-refractivity contribution in [3.8, 4) is 0 Å². The van der Waals surface area contributed by atoms with Crippen molar-refractivity contribution in [2.24, 2.45) is 0 Å². The molecule has 0 amide bonds. The molecule has 1 aliphatic rings. The van der Waals surface area contributed by atoms with Gasteiger partial charge >= 0.3 is 0 Å². The largest absolute Gasteiger partial charge is 0.307 e. The average molecular weight is 453 g/mol. The van der Waals surface area contributed by atoms with Crippen molar-refractivity contribution in [1.82, 2.24) is 20.6 Å². The molecule has 0 spiro atoms. The Balaban J connectivity index is 0.00000240.